The summed E-state index contributed by atoms with van der Waals surface area (Å²) in [6, 6.07) is 3.56. The minimum Gasteiger partial charge on any atom is -0.232 e. The Morgan fingerprint density at radius 3 is 2.39 bits per heavy atom. The second kappa shape index (κ2) is 5.75. The summed E-state index contributed by atoms with van der Waals surface area (Å²) >= 11 is 0. The van der Waals surface area contributed by atoms with Gasteiger partial charge in [-0.1, -0.05) is 12.1 Å². The van der Waals surface area contributed by atoms with Crippen LogP contribution >= 0.6 is 8.69 Å². The smallest absolute Gasteiger partial charge is 0.232 e. The first-order valence-corrected chi connectivity index (χ1v) is 6.56. The molecule has 1 unspecified atom stereocenters. The molecular weight excluding hydrogens is 296 g/mol. The standard InChI is InChI=1S/C8H7F3O5PS/c9-8(10,11)6-3-1-2-4-7(6)18(13,14)16-5-15-17-12/h1-4,17H,5H2/q+1. The molecule has 1 rings (SSSR count). The van der Waals surface area contributed by atoms with Gasteiger partial charge in [0.05, 0.1) is 5.56 Å². The monoisotopic (exact) mass is 303 g/mol. The van der Waals surface area contributed by atoms with Crippen molar-refractivity contribution in [2.24, 2.45) is 0 Å². The molecule has 0 heterocycles. The molecule has 0 bridgehead atoms. The van der Waals surface area contributed by atoms with Crippen molar-refractivity contribution in [3.63, 3.8) is 0 Å². The number of hydrogen-bond acceptors (Lipinski definition) is 5. The molecule has 0 saturated carbocycles. The number of alkyl halides is 3. The fraction of sp³-hybridized carbons (Fsp3) is 0.250. The maximum atomic E-state index is 12.6. The van der Waals surface area contributed by atoms with Gasteiger partial charge in [-0.15, -0.1) is 4.52 Å². The van der Waals surface area contributed by atoms with Gasteiger partial charge in [0, 0.05) is 0 Å². The molecule has 10 heteroatoms. The quantitative estimate of drug-likeness (QED) is 0.361. The van der Waals surface area contributed by atoms with Crippen molar-refractivity contribution in [2.75, 3.05) is 6.79 Å². The van der Waals surface area contributed by atoms with Crippen molar-refractivity contribution in [1.29, 1.82) is 0 Å². The van der Waals surface area contributed by atoms with Crippen molar-refractivity contribution in [1.82, 2.24) is 0 Å². The summed E-state index contributed by atoms with van der Waals surface area (Å²) in [6.45, 7) is -0.920. The molecule has 100 valence electrons. The third-order valence-corrected chi connectivity index (χ3v) is 3.32. The highest BCUT2D eigenvalue weighted by atomic mass is 32.2. The first-order chi connectivity index (χ1) is 8.29. The summed E-state index contributed by atoms with van der Waals surface area (Å²) in [6.07, 6.45) is -4.83. The van der Waals surface area contributed by atoms with Crippen LogP contribution in [-0.2, 0) is 29.6 Å². The molecule has 0 aliphatic carbocycles. The van der Waals surface area contributed by atoms with E-state index >= 15 is 0 Å². The van der Waals surface area contributed by atoms with Gasteiger partial charge in [-0.3, -0.25) is 0 Å². The summed E-state index contributed by atoms with van der Waals surface area (Å²) < 4.78 is 78.8. The van der Waals surface area contributed by atoms with Crippen LogP contribution in [0.15, 0.2) is 29.2 Å². The van der Waals surface area contributed by atoms with Gasteiger partial charge in [0.15, 0.2) is 0 Å². The van der Waals surface area contributed by atoms with E-state index in [2.05, 4.69) is 8.71 Å². The Morgan fingerprint density at radius 2 is 1.83 bits per heavy atom. The Labute approximate surface area is 102 Å². The second-order valence-electron chi connectivity index (χ2n) is 2.91. The minimum atomic E-state index is -4.83. The zero-order valence-corrected chi connectivity index (χ0v) is 10.4. The van der Waals surface area contributed by atoms with Crippen LogP contribution in [0.5, 0.6) is 0 Å². The van der Waals surface area contributed by atoms with Gasteiger partial charge in [-0.05, 0) is 16.7 Å². The SMILES string of the molecule is O=[PH+]OCOS(=O)(=O)c1ccccc1C(F)(F)F. The van der Waals surface area contributed by atoms with Crippen LogP contribution in [0.1, 0.15) is 5.56 Å². The summed E-state index contributed by atoms with van der Waals surface area (Å²) in [5, 5.41) is 0. The predicted molar refractivity (Wildman–Crippen MR) is 54.7 cm³/mol. The fourth-order valence-electron chi connectivity index (χ4n) is 1.09. The molecule has 0 N–H and O–H groups in total. The van der Waals surface area contributed by atoms with Crippen molar-refractivity contribution in [3.8, 4) is 0 Å². The largest absolute Gasteiger partial charge is 0.496 e. The molecule has 0 saturated heterocycles. The lowest BCUT2D eigenvalue weighted by Crippen LogP contribution is -2.15. The number of hydrogen-bond donors (Lipinski definition) is 0. The van der Waals surface area contributed by atoms with E-state index in [1.54, 1.807) is 0 Å². The summed E-state index contributed by atoms with van der Waals surface area (Å²) in [5.41, 5.74) is -1.34. The van der Waals surface area contributed by atoms with Gasteiger partial charge >= 0.3 is 14.9 Å². The van der Waals surface area contributed by atoms with E-state index in [0.717, 1.165) is 18.2 Å². The van der Waals surface area contributed by atoms with Gasteiger partial charge in [0.1, 0.15) is 4.90 Å². The summed E-state index contributed by atoms with van der Waals surface area (Å²) in [7, 11) is -5.90. The Hall–Kier alpha value is -1.02. The Balaban J connectivity index is 3.13. The average molecular weight is 303 g/mol. The maximum absolute atomic E-state index is 12.6. The van der Waals surface area contributed by atoms with Gasteiger partial charge in [0.2, 0.25) is 6.79 Å². The predicted octanol–water partition coefficient (Wildman–Crippen LogP) is 2.32. The van der Waals surface area contributed by atoms with Crippen molar-refractivity contribution in [3.05, 3.63) is 29.8 Å². The molecule has 0 aliphatic heterocycles. The topological polar surface area (TPSA) is 69.7 Å². The van der Waals surface area contributed by atoms with Gasteiger partial charge in [0.25, 0.3) is 10.1 Å². The molecule has 0 spiro atoms. The maximum Gasteiger partial charge on any atom is 0.496 e. The van der Waals surface area contributed by atoms with Crippen molar-refractivity contribution >= 4 is 18.8 Å². The van der Waals surface area contributed by atoms with E-state index in [9.17, 15) is 26.2 Å². The Kier molecular flexibility index (Phi) is 4.80. The molecule has 1 aromatic rings. The number of halogens is 3. The molecule has 5 nitrogen and oxygen atoms in total. The van der Waals surface area contributed by atoms with Crippen LogP contribution in [0.4, 0.5) is 13.2 Å². The van der Waals surface area contributed by atoms with E-state index in [-0.39, 0.29) is 0 Å². The molecule has 0 aliphatic rings. The third kappa shape index (κ3) is 3.74. The molecule has 0 fully saturated rings. The van der Waals surface area contributed by atoms with Crippen LogP contribution in [0, 0.1) is 0 Å². The first-order valence-electron chi connectivity index (χ1n) is 4.33. The molecule has 1 atom stereocenters. The van der Waals surface area contributed by atoms with Gasteiger partial charge in [-0.25, -0.2) is 4.18 Å². The lowest BCUT2D eigenvalue weighted by Gasteiger charge is -2.11. The summed E-state index contributed by atoms with van der Waals surface area (Å²) in [5.74, 6) is 0. The van der Waals surface area contributed by atoms with Crippen molar-refractivity contribution in [2.45, 2.75) is 11.1 Å². The van der Waals surface area contributed by atoms with E-state index < -0.39 is 42.2 Å². The molecule has 18 heavy (non-hydrogen) atoms. The molecule has 0 radical (unpaired) electrons. The number of rotatable bonds is 5. The molecule has 0 aromatic heterocycles. The first kappa shape index (κ1) is 15.0. The highest BCUT2D eigenvalue weighted by Gasteiger charge is 2.37. The molecule has 1 aromatic carbocycles. The summed E-state index contributed by atoms with van der Waals surface area (Å²) in [4.78, 5) is -1.02. The van der Waals surface area contributed by atoms with Crippen molar-refractivity contribution < 1.29 is 34.9 Å². The zero-order valence-electron chi connectivity index (χ0n) is 8.60. The van der Waals surface area contributed by atoms with Crippen LogP contribution in [0.3, 0.4) is 0 Å². The van der Waals surface area contributed by atoms with Gasteiger partial charge in [-0.2, -0.15) is 21.6 Å². The van der Waals surface area contributed by atoms with E-state index in [0.29, 0.717) is 6.07 Å². The Morgan fingerprint density at radius 1 is 1.22 bits per heavy atom. The number of benzene rings is 1. The third-order valence-electron chi connectivity index (χ3n) is 1.78. The van der Waals surface area contributed by atoms with E-state index in [4.69, 9.17) is 0 Å². The van der Waals surface area contributed by atoms with E-state index in [1.807, 2.05) is 0 Å². The molecular formula is C8H7F3O5PS+. The average Bonchev–Trinajstić information content (AvgIpc) is 2.28. The molecule has 0 amide bonds. The normalized spacial score (nSPS) is 12.8. The van der Waals surface area contributed by atoms with Gasteiger partial charge < -0.3 is 0 Å². The lowest BCUT2D eigenvalue weighted by molar-refractivity contribution is -0.140. The minimum absolute atomic E-state index is 0.618. The van der Waals surface area contributed by atoms with Crippen LogP contribution < -0.4 is 0 Å². The lowest BCUT2D eigenvalue weighted by atomic mass is 10.2. The van der Waals surface area contributed by atoms with Crippen LogP contribution in [0.2, 0.25) is 0 Å². The van der Waals surface area contributed by atoms with Crippen LogP contribution in [0.25, 0.3) is 0 Å². The Bertz CT molecular complexity index is 528. The zero-order chi connectivity index (χ0) is 13.8. The highest BCUT2D eigenvalue weighted by Crippen LogP contribution is 2.34. The highest BCUT2D eigenvalue weighted by molar-refractivity contribution is 7.86. The van der Waals surface area contributed by atoms with Crippen LogP contribution in [-0.4, -0.2) is 15.2 Å². The fourth-order valence-corrected chi connectivity index (χ4v) is 2.29. The second-order valence-corrected chi connectivity index (χ2v) is 4.95. The van der Waals surface area contributed by atoms with E-state index in [1.165, 1.54) is 0 Å².